The summed E-state index contributed by atoms with van der Waals surface area (Å²) in [5, 5.41) is 12.4. The molecule has 1 amide bonds. The van der Waals surface area contributed by atoms with E-state index in [2.05, 4.69) is 49.6 Å². The van der Waals surface area contributed by atoms with Gasteiger partial charge < -0.3 is 10.1 Å². The first-order valence-electron chi connectivity index (χ1n) is 10.8. The van der Waals surface area contributed by atoms with Crippen LogP contribution in [0.5, 0.6) is 5.75 Å². The van der Waals surface area contributed by atoms with E-state index >= 15 is 0 Å². The number of nitrogens with one attached hydrogen (secondary N) is 1. The van der Waals surface area contributed by atoms with E-state index < -0.39 is 0 Å². The Kier molecular flexibility index (Phi) is 8.03. The summed E-state index contributed by atoms with van der Waals surface area (Å²) in [4.78, 5) is 12.6. The Balaban J connectivity index is 1.46. The molecule has 1 heterocycles. The second-order valence-electron chi connectivity index (χ2n) is 7.87. The number of anilines is 1. The number of carbonyl (C=O) groups excluding carboxylic acids is 1. The fourth-order valence-electron chi connectivity index (χ4n) is 3.41. The van der Waals surface area contributed by atoms with Gasteiger partial charge >= 0.3 is 0 Å². The first-order chi connectivity index (χ1) is 16.5. The number of benzene rings is 3. The van der Waals surface area contributed by atoms with Crippen molar-refractivity contribution in [1.82, 2.24) is 14.8 Å². The molecule has 1 aromatic heterocycles. The van der Waals surface area contributed by atoms with Gasteiger partial charge in [-0.05, 0) is 55.3 Å². The van der Waals surface area contributed by atoms with E-state index in [9.17, 15) is 4.79 Å². The number of aryl methyl sites for hydroxylation is 2. The Hall–Kier alpha value is -3.10. The van der Waals surface area contributed by atoms with Crippen molar-refractivity contribution in [2.24, 2.45) is 0 Å². The number of nitrogens with zero attached hydrogens (tertiary/aromatic N) is 3. The number of hydrogen-bond acceptors (Lipinski definition) is 5. The molecule has 0 saturated heterocycles. The number of amides is 1. The van der Waals surface area contributed by atoms with Crippen molar-refractivity contribution < 1.29 is 9.53 Å². The van der Waals surface area contributed by atoms with Gasteiger partial charge in [-0.25, -0.2) is 0 Å². The number of aromatic nitrogens is 3. The van der Waals surface area contributed by atoms with Crippen molar-refractivity contribution in [2.75, 3.05) is 11.1 Å². The van der Waals surface area contributed by atoms with Gasteiger partial charge in [0.1, 0.15) is 12.4 Å². The molecule has 8 heteroatoms. The Morgan fingerprint density at radius 1 is 1.03 bits per heavy atom. The van der Waals surface area contributed by atoms with Crippen LogP contribution < -0.4 is 10.1 Å². The maximum absolute atomic E-state index is 12.6. The number of carbonyl (C=O) groups is 1. The summed E-state index contributed by atoms with van der Waals surface area (Å²) < 4.78 is 8.93. The van der Waals surface area contributed by atoms with E-state index in [-0.39, 0.29) is 18.3 Å². The van der Waals surface area contributed by atoms with Gasteiger partial charge in [0.2, 0.25) is 5.91 Å². The highest BCUT2D eigenvalue weighted by atomic mass is 79.9. The third kappa shape index (κ3) is 6.48. The average molecular weight is 537 g/mol. The lowest BCUT2D eigenvalue weighted by Crippen LogP contribution is -2.16. The smallest absolute Gasteiger partial charge is 0.234 e. The number of ether oxygens (including phenoxy) is 1. The zero-order valence-electron chi connectivity index (χ0n) is 19.0. The van der Waals surface area contributed by atoms with Crippen molar-refractivity contribution >= 4 is 39.3 Å². The van der Waals surface area contributed by atoms with Crippen LogP contribution in [0.25, 0.3) is 0 Å². The molecule has 6 nitrogen and oxygen atoms in total. The van der Waals surface area contributed by atoms with Crippen molar-refractivity contribution in [3.8, 4) is 5.75 Å². The largest absolute Gasteiger partial charge is 0.486 e. The fourth-order valence-corrected chi connectivity index (χ4v) is 4.43. The molecule has 3 aromatic carbocycles. The zero-order chi connectivity index (χ0) is 23.9. The SMILES string of the molecule is Cc1ccc(NC(=O)CSc2nnc(COc3ccc(Br)cc3)n2Cc2ccccc2)c(C)c1. The fraction of sp³-hybridized carbons (Fsp3) is 0.192. The minimum atomic E-state index is -0.0844. The number of rotatable bonds is 9. The van der Waals surface area contributed by atoms with Crippen LogP contribution in [0.3, 0.4) is 0 Å². The Bertz CT molecular complexity index is 1260. The molecule has 0 bridgehead atoms. The molecule has 0 aliphatic carbocycles. The predicted molar refractivity (Wildman–Crippen MR) is 139 cm³/mol. The summed E-state index contributed by atoms with van der Waals surface area (Å²) in [6.45, 7) is 4.89. The maximum Gasteiger partial charge on any atom is 0.234 e. The molecular weight excluding hydrogens is 512 g/mol. The van der Waals surface area contributed by atoms with Gasteiger partial charge in [0.25, 0.3) is 0 Å². The van der Waals surface area contributed by atoms with E-state index in [1.54, 1.807) is 0 Å². The monoisotopic (exact) mass is 536 g/mol. The van der Waals surface area contributed by atoms with E-state index in [0.717, 1.165) is 32.6 Å². The van der Waals surface area contributed by atoms with Gasteiger partial charge in [-0.1, -0.05) is 75.7 Å². The minimum absolute atomic E-state index is 0.0844. The molecule has 4 rings (SSSR count). The van der Waals surface area contributed by atoms with Gasteiger partial charge in [0.05, 0.1) is 12.3 Å². The first-order valence-corrected chi connectivity index (χ1v) is 12.6. The molecule has 0 atom stereocenters. The molecular formula is C26H25BrN4O2S. The van der Waals surface area contributed by atoms with Crippen LogP contribution in [0, 0.1) is 13.8 Å². The van der Waals surface area contributed by atoms with Crippen molar-refractivity contribution in [1.29, 1.82) is 0 Å². The van der Waals surface area contributed by atoms with Crippen molar-refractivity contribution in [3.63, 3.8) is 0 Å². The third-order valence-corrected chi connectivity index (χ3v) is 6.64. The van der Waals surface area contributed by atoms with E-state index in [4.69, 9.17) is 4.74 Å². The molecule has 4 aromatic rings. The quantitative estimate of drug-likeness (QED) is 0.265. The van der Waals surface area contributed by atoms with E-state index in [1.165, 1.54) is 11.8 Å². The second-order valence-corrected chi connectivity index (χ2v) is 9.73. The maximum atomic E-state index is 12.6. The topological polar surface area (TPSA) is 69.0 Å². The summed E-state index contributed by atoms with van der Waals surface area (Å²) in [5.41, 5.74) is 4.15. The third-order valence-electron chi connectivity index (χ3n) is 5.15. The molecule has 174 valence electrons. The van der Waals surface area contributed by atoms with Crippen LogP contribution >= 0.6 is 27.7 Å². The van der Waals surface area contributed by atoms with Crippen LogP contribution in [0.1, 0.15) is 22.5 Å². The lowest BCUT2D eigenvalue weighted by Gasteiger charge is -2.12. The summed E-state index contributed by atoms with van der Waals surface area (Å²) in [6.07, 6.45) is 0. The Morgan fingerprint density at radius 2 is 1.79 bits per heavy atom. The van der Waals surface area contributed by atoms with Crippen LogP contribution in [-0.2, 0) is 17.9 Å². The lowest BCUT2D eigenvalue weighted by molar-refractivity contribution is -0.113. The summed E-state index contributed by atoms with van der Waals surface area (Å²) >= 11 is 4.80. The Labute approximate surface area is 211 Å². The van der Waals surface area contributed by atoms with Crippen LogP contribution in [-0.4, -0.2) is 26.4 Å². The van der Waals surface area contributed by atoms with E-state index in [0.29, 0.717) is 17.5 Å². The molecule has 0 fully saturated rings. The van der Waals surface area contributed by atoms with Gasteiger partial charge in [-0.2, -0.15) is 0 Å². The lowest BCUT2D eigenvalue weighted by atomic mass is 10.1. The highest BCUT2D eigenvalue weighted by Gasteiger charge is 2.16. The average Bonchev–Trinajstić information content (AvgIpc) is 3.21. The van der Waals surface area contributed by atoms with Gasteiger partial charge in [-0.3, -0.25) is 9.36 Å². The summed E-state index contributed by atoms with van der Waals surface area (Å²) in [6, 6.07) is 23.7. The summed E-state index contributed by atoms with van der Waals surface area (Å²) in [7, 11) is 0. The molecule has 0 unspecified atom stereocenters. The number of hydrogen-bond donors (Lipinski definition) is 1. The van der Waals surface area contributed by atoms with Gasteiger partial charge in [-0.15, -0.1) is 10.2 Å². The highest BCUT2D eigenvalue weighted by molar-refractivity contribution is 9.10. The van der Waals surface area contributed by atoms with E-state index in [1.807, 2.05) is 73.0 Å². The molecule has 1 N–H and O–H groups in total. The molecule has 0 saturated carbocycles. The molecule has 0 radical (unpaired) electrons. The molecule has 0 spiro atoms. The number of halogens is 1. The van der Waals surface area contributed by atoms with Crippen molar-refractivity contribution in [3.05, 3.63) is 99.8 Å². The Morgan fingerprint density at radius 3 is 2.53 bits per heavy atom. The molecule has 34 heavy (non-hydrogen) atoms. The van der Waals surface area contributed by atoms with Gasteiger partial charge in [0.15, 0.2) is 11.0 Å². The number of thioether (sulfide) groups is 1. The minimum Gasteiger partial charge on any atom is -0.486 e. The molecule has 0 aliphatic heterocycles. The standard InChI is InChI=1S/C26H25BrN4O2S/c1-18-8-13-23(19(2)14-18)28-25(32)17-34-26-30-29-24(16-33-22-11-9-21(27)10-12-22)31(26)15-20-6-4-3-5-7-20/h3-14H,15-17H2,1-2H3,(H,28,32). The van der Waals surface area contributed by atoms with Crippen LogP contribution in [0.4, 0.5) is 5.69 Å². The zero-order valence-corrected chi connectivity index (χ0v) is 21.4. The highest BCUT2D eigenvalue weighted by Crippen LogP contribution is 2.22. The second kappa shape index (κ2) is 11.4. The van der Waals surface area contributed by atoms with Crippen molar-refractivity contribution in [2.45, 2.75) is 32.2 Å². The van der Waals surface area contributed by atoms with Gasteiger partial charge in [0, 0.05) is 10.2 Å². The summed E-state index contributed by atoms with van der Waals surface area (Å²) in [5.74, 6) is 1.59. The molecule has 0 aliphatic rings. The normalized spacial score (nSPS) is 10.8. The first kappa shape index (κ1) is 24.0. The van der Waals surface area contributed by atoms with Crippen LogP contribution in [0.2, 0.25) is 0 Å². The predicted octanol–water partition coefficient (Wildman–Crippen LogP) is 6.02. The van der Waals surface area contributed by atoms with Crippen LogP contribution in [0.15, 0.2) is 82.4 Å².